The minimum absolute atomic E-state index is 0.163. The Kier molecular flexibility index (Phi) is 4.39. The second-order valence-corrected chi connectivity index (χ2v) is 5.04. The molecule has 0 saturated carbocycles. The molecule has 0 saturated heterocycles. The van der Waals surface area contributed by atoms with Crippen molar-refractivity contribution < 1.29 is 0 Å². The number of hydrazine groups is 1. The van der Waals surface area contributed by atoms with Crippen molar-refractivity contribution in [2.24, 2.45) is 11.6 Å². The van der Waals surface area contributed by atoms with Crippen LogP contribution in [0.2, 0.25) is 0 Å². The average Bonchev–Trinajstić information content (AvgIpc) is 2.47. The van der Waals surface area contributed by atoms with Gasteiger partial charge in [0, 0.05) is 18.5 Å². The van der Waals surface area contributed by atoms with E-state index in [1.54, 1.807) is 18.5 Å². The van der Waals surface area contributed by atoms with Crippen LogP contribution in [-0.4, -0.2) is 9.97 Å². The van der Waals surface area contributed by atoms with Crippen molar-refractivity contribution in [3.05, 3.63) is 53.9 Å². The normalized spacial score (nSPS) is 11.7. The lowest BCUT2D eigenvalue weighted by Gasteiger charge is -2.14. The van der Waals surface area contributed by atoms with E-state index >= 15 is 0 Å². The van der Waals surface area contributed by atoms with Crippen LogP contribution in [0.4, 0.5) is 11.8 Å². The summed E-state index contributed by atoms with van der Waals surface area (Å²) in [6.07, 6.45) is 3.14. The molecule has 6 nitrogen and oxygen atoms in total. The van der Waals surface area contributed by atoms with Crippen molar-refractivity contribution in [1.29, 1.82) is 0 Å². The molecule has 0 atom stereocenters. The number of hydrogen-bond acceptors (Lipinski definition) is 6. The van der Waals surface area contributed by atoms with Crippen molar-refractivity contribution in [3.63, 3.8) is 0 Å². The van der Waals surface area contributed by atoms with Crippen molar-refractivity contribution in [2.75, 3.05) is 10.7 Å². The van der Waals surface area contributed by atoms with E-state index < -0.39 is 0 Å². The Morgan fingerprint density at radius 1 is 1.19 bits per heavy atom. The van der Waals surface area contributed by atoms with Gasteiger partial charge in [0.1, 0.15) is 0 Å². The van der Waals surface area contributed by atoms with Crippen molar-refractivity contribution in [3.8, 4) is 0 Å². The summed E-state index contributed by atoms with van der Waals surface area (Å²) in [6.45, 7) is 4.30. The SMILES string of the molecule is CC(C)c1ccc(/C(N)=C/N(N)c2ccnc(N)n2)cc1. The van der Waals surface area contributed by atoms with Crippen LogP contribution >= 0.6 is 0 Å². The first-order valence-corrected chi connectivity index (χ1v) is 6.67. The van der Waals surface area contributed by atoms with Crippen LogP contribution in [-0.2, 0) is 0 Å². The fraction of sp³-hybridized carbons (Fsp3) is 0.200. The number of anilines is 2. The van der Waals surface area contributed by atoms with Crippen LogP contribution < -0.4 is 22.3 Å². The van der Waals surface area contributed by atoms with E-state index in [-0.39, 0.29) is 5.95 Å². The van der Waals surface area contributed by atoms with E-state index in [1.807, 2.05) is 12.1 Å². The third-order valence-electron chi connectivity index (χ3n) is 3.11. The van der Waals surface area contributed by atoms with Gasteiger partial charge in [-0.05, 0) is 17.0 Å². The summed E-state index contributed by atoms with van der Waals surface area (Å²) in [4.78, 5) is 7.84. The molecule has 1 aromatic carbocycles. The number of nitrogens with zero attached hydrogens (tertiary/aromatic N) is 3. The molecule has 0 bridgehead atoms. The maximum Gasteiger partial charge on any atom is 0.221 e. The molecular weight excluding hydrogens is 264 g/mol. The van der Waals surface area contributed by atoms with E-state index in [4.69, 9.17) is 17.3 Å². The highest BCUT2D eigenvalue weighted by Crippen LogP contribution is 2.18. The molecule has 0 aliphatic carbocycles. The summed E-state index contributed by atoms with van der Waals surface area (Å²) < 4.78 is 0. The molecule has 2 aromatic rings. The topological polar surface area (TPSA) is 107 Å². The van der Waals surface area contributed by atoms with Crippen LogP contribution in [0.3, 0.4) is 0 Å². The molecular formula is C15H20N6. The minimum atomic E-state index is 0.163. The van der Waals surface area contributed by atoms with Gasteiger partial charge in [-0.25, -0.2) is 10.8 Å². The maximum atomic E-state index is 6.06. The van der Waals surface area contributed by atoms with Gasteiger partial charge in [-0.15, -0.1) is 0 Å². The fourth-order valence-corrected chi connectivity index (χ4v) is 1.86. The number of nitrogen functional groups attached to an aromatic ring is 1. The molecule has 1 heterocycles. The van der Waals surface area contributed by atoms with Crippen LogP contribution in [0, 0.1) is 0 Å². The summed E-state index contributed by atoms with van der Waals surface area (Å²) in [7, 11) is 0. The van der Waals surface area contributed by atoms with Crippen LogP contribution in [0.25, 0.3) is 5.70 Å². The summed E-state index contributed by atoms with van der Waals surface area (Å²) in [5.74, 6) is 7.04. The van der Waals surface area contributed by atoms with Gasteiger partial charge < -0.3 is 11.5 Å². The summed E-state index contributed by atoms with van der Waals surface area (Å²) in [5.41, 5.74) is 14.3. The highest BCUT2D eigenvalue weighted by molar-refractivity contribution is 5.65. The van der Waals surface area contributed by atoms with Gasteiger partial charge in [0.2, 0.25) is 5.95 Å². The molecule has 0 radical (unpaired) electrons. The molecule has 110 valence electrons. The predicted molar refractivity (Wildman–Crippen MR) is 85.8 cm³/mol. The van der Waals surface area contributed by atoms with Gasteiger partial charge in [-0.3, -0.25) is 5.01 Å². The van der Waals surface area contributed by atoms with E-state index in [0.29, 0.717) is 17.4 Å². The smallest absolute Gasteiger partial charge is 0.221 e. The zero-order valence-corrected chi connectivity index (χ0v) is 12.2. The molecule has 21 heavy (non-hydrogen) atoms. The van der Waals surface area contributed by atoms with Crippen molar-refractivity contribution >= 4 is 17.5 Å². The first kappa shape index (κ1) is 14.8. The van der Waals surface area contributed by atoms with Gasteiger partial charge in [0.05, 0.1) is 5.70 Å². The predicted octanol–water partition coefficient (Wildman–Crippen LogP) is 1.82. The standard InChI is InChI=1S/C15H20N6/c1-10(2)11-3-5-12(6-4-11)13(16)9-21(18)14-7-8-19-15(17)20-14/h3-10H,16,18H2,1-2H3,(H2,17,19,20)/b13-9-. The number of hydrogen-bond donors (Lipinski definition) is 3. The molecule has 0 aliphatic rings. The Balaban J connectivity index is 2.20. The van der Waals surface area contributed by atoms with Crippen LogP contribution in [0.1, 0.15) is 30.9 Å². The van der Waals surface area contributed by atoms with Crippen molar-refractivity contribution in [1.82, 2.24) is 9.97 Å². The Hall–Kier alpha value is -2.60. The number of rotatable bonds is 4. The number of aromatic nitrogens is 2. The van der Waals surface area contributed by atoms with E-state index in [9.17, 15) is 0 Å². The van der Waals surface area contributed by atoms with Gasteiger partial charge in [0.25, 0.3) is 0 Å². The Morgan fingerprint density at radius 2 is 1.86 bits per heavy atom. The monoisotopic (exact) mass is 284 g/mol. The van der Waals surface area contributed by atoms with E-state index in [2.05, 4.69) is 35.9 Å². The molecule has 0 spiro atoms. The van der Waals surface area contributed by atoms with E-state index in [1.165, 1.54) is 10.6 Å². The first-order chi connectivity index (χ1) is 9.97. The summed E-state index contributed by atoms with van der Waals surface area (Å²) in [5, 5.41) is 1.32. The molecule has 6 N–H and O–H groups in total. The third-order valence-corrected chi connectivity index (χ3v) is 3.11. The average molecular weight is 284 g/mol. The van der Waals surface area contributed by atoms with Crippen molar-refractivity contribution in [2.45, 2.75) is 19.8 Å². The third kappa shape index (κ3) is 3.70. The molecule has 0 fully saturated rings. The zero-order chi connectivity index (χ0) is 15.4. The Bertz CT molecular complexity index is 633. The Labute approximate surface area is 124 Å². The molecule has 0 unspecified atom stereocenters. The van der Waals surface area contributed by atoms with Crippen LogP contribution in [0.5, 0.6) is 0 Å². The molecule has 2 rings (SSSR count). The fourth-order valence-electron chi connectivity index (χ4n) is 1.86. The lowest BCUT2D eigenvalue weighted by molar-refractivity contribution is 0.866. The number of benzene rings is 1. The molecule has 1 aromatic heterocycles. The van der Waals surface area contributed by atoms with Gasteiger partial charge in [-0.2, -0.15) is 4.98 Å². The first-order valence-electron chi connectivity index (χ1n) is 6.67. The highest BCUT2D eigenvalue weighted by Gasteiger charge is 2.05. The molecule has 0 aliphatic heterocycles. The van der Waals surface area contributed by atoms with Gasteiger partial charge in [0.15, 0.2) is 5.82 Å². The highest BCUT2D eigenvalue weighted by atomic mass is 15.4. The second kappa shape index (κ2) is 6.23. The van der Waals surface area contributed by atoms with E-state index in [0.717, 1.165) is 5.56 Å². The molecule has 6 heteroatoms. The van der Waals surface area contributed by atoms with Crippen LogP contribution in [0.15, 0.2) is 42.7 Å². The van der Waals surface area contributed by atoms with Gasteiger partial charge >= 0.3 is 0 Å². The van der Waals surface area contributed by atoms with Gasteiger partial charge in [-0.1, -0.05) is 38.1 Å². The Morgan fingerprint density at radius 3 is 2.43 bits per heavy atom. The second-order valence-electron chi connectivity index (χ2n) is 5.04. The maximum absolute atomic E-state index is 6.06. The molecule has 0 amide bonds. The quantitative estimate of drug-likeness (QED) is 0.584. The lowest BCUT2D eigenvalue weighted by Crippen LogP contribution is -2.27. The lowest BCUT2D eigenvalue weighted by atomic mass is 10.0. The summed E-state index contributed by atoms with van der Waals surface area (Å²) in [6, 6.07) is 9.73. The largest absolute Gasteiger partial charge is 0.397 e. The number of nitrogens with two attached hydrogens (primary N) is 3. The summed E-state index contributed by atoms with van der Waals surface area (Å²) >= 11 is 0. The minimum Gasteiger partial charge on any atom is -0.397 e. The zero-order valence-electron chi connectivity index (χ0n) is 12.2.